The van der Waals surface area contributed by atoms with E-state index in [4.69, 9.17) is 0 Å². The molecule has 1 aromatic carbocycles. The van der Waals surface area contributed by atoms with Gasteiger partial charge in [-0.05, 0) is 72.8 Å². The Kier molecular flexibility index (Phi) is 6.82. The van der Waals surface area contributed by atoms with Crippen LogP contribution in [0.15, 0.2) is 48.8 Å². The van der Waals surface area contributed by atoms with Crippen molar-refractivity contribution in [1.82, 2.24) is 10.3 Å². The predicted octanol–water partition coefficient (Wildman–Crippen LogP) is 5.05. The van der Waals surface area contributed by atoms with E-state index >= 15 is 0 Å². The van der Waals surface area contributed by atoms with Gasteiger partial charge in [0.1, 0.15) is 5.82 Å². The Morgan fingerprint density at radius 1 is 1.29 bits per heavy atom. The van der Waals surface area contributed by atoms with Gasteiger partial charge in [0.2, 0.25) is 5.91 Å². The van der Waals surface area contributed by atoms with E-state index in [1.807, 2.05) is 18.3 Å². The number of aryl methyl sites for hydroxylation is 1. The summed E-state index contributed by atoms with van der Waals surface area (Å²) < 4.78 is 13.8. The molecule has 1 amide bonds. The highest BCUT2D eigenvalue weighted by molar-refractivity contribution is 5.82. The largest absolute Gasteiger partial charge is 0.356 e. The van der Waals surface area contributed by atoms with Gasteiger partial charge in [-0.25, -0.2) is 4.39 Å². The molecule has 0 bridgehead atoms. The van der Waals surface area contributed by atoms with Gasteiger partial charge >= 0.3 is 0 Å². The van der Waals surface area contributed by atoms with Crippen molar-refractivity contribution >= 4 is 5.91 Å². The minimum atomic E-state index is -0.199. The molecule has 1 fully saturated rings. The van der Waals surface area contributed by atoms with Gasteiger partial charge < -0.3 is 5.32 Å². The highest BCUT2D eigenvalue weighted by atomic mass is 19.1. The summed E-state index contributed by atoms with van der Waals surface area (Å²) in [5.41, 5.74) is 2.12. The number of carbonyl (C=O) groups is 1. The third kappa shape index (κ3) is 4.98. The van der Waals surface area contributed by atoms with Crippen molar-refractivity contribution in [3.63, 3.8) is 0 Å². The maximum Gasteiger partial charge on any atom is 0.223 e. The average Bonchev–Trinajstić information content (AvgIpc) is 3.50. The molecule has 1 N–H and O–H groups in total. The van der Waals surface area contributed by atoms with Gasteiger partial charge in [0.15, 0.2) is 0 Å². The fraction of sp³-hybridized carbons (Fsp3) is 0.500. The molecule has 1 aliphatic carbocycles. The third-order valence-corrected chi connectivity index (χ3v) is 6.11. The molecule has 0 saturated heterocycles. The summed E-state index contributed by atoms with van der Waals surface area (Å²) in [5, 5.41) is 3.11. The summed E-state index contributed by atoms with van der Waals surface area (Å²) in [6.45, 7) is 5.06. The Morgan fingerprint density at radius 2 is 2.14 bits per heavy atom. The first-order valence-corrected chi connectivity index (χ1v) is 10.5. The molecular formula is C24H31FN2O. The second-order valence-corrected chi connectivity index (χ2v) is 8.24. The summed E-state index contributed by atoms with van der Waals surface area (Å²) in [5.74, 6) is 0.308. The molecule has 3 nitrogen and oxygen atoms in total. The summed E-state index contributed by atoms with van der Waals surface area (Å²) >= 11 is 0. The number of amides is 1. The predicted molar refractivity (Wildman–Crippen MR) is 110 cm³/mol. The van der Waals surface area contributed by atoms with E-state index in [0.717, 1.165) is 44.1 Å². The molecule has 0 aliphatic heterocycles. The van der Waals surface area contributed by atoms with Crippen molar-refractivity contribution in [2.24, 2.45) is 11.8 Å². The lowest BCUT2D eigenvalue weighted by molar-refractivity contribution is -0.122. The van der Waals surface area contributed by atoms with Crippen molar-refractivity contribution in [1.29, 1.82) is 0 Å². The highest BCUT2D eigenvalue weighted by Crippen LogP contribution is 2.54. The van der Waals surface area contributed by atoms with E-state index in [9.17, 15) is 9.18 Å². The molecule has 1 saturated carbocycles. The fourth-order valence-electron chi connectivity index (χ4n) is 4.44. The van der Waals surface area contributed by atoms with Crippen LogP contribution in [0.1, 0.15) is 57.1 Å². The number of nitrogens with one attached hydrogen (secondary N) is 1. The summed E-state index contributed by atoms with van der Waals surface area (Å²) in [4.78, 5) is 16.7. The van der Waals surface area contributed by atoms with E-state index in [0.29, 0.717) is 12.5 Å². The van der Waals surface area contributed by atoms with Crippen molar-refractivity contribution in [3.05, 3.63) is 65.7 Å². The average molecular weight is 383 g/mol. The van der Waals surface area contributed by atoms with Crippen LogP contribution < -0.4 is 5.32 Å². The summed E-state index contributed by atoms with van der Waals surface area (Å²) in [6.07, 6.45) is 9.56. The van der Waals surface area contributed by atoms with Gasteiger partial charge in [-0.2, -0.15) is 0 Å². The first kappa shape index (κ1) is 20.5. The van der Waals surface area contributed by atoms with Crippen LogP contribution >= 0.6 is 0 Å². The molecule has 1 aliphatic rings. The highest BCUT2D eigenvalue weighted by Gasteiger charge is 2.53. The molecule has 1 aromatic heterocycles. The van der Waals surface area contributed by atoms with Gasteiger partial charge in [-0.15, -0.1) is 0 Å². The Bertz CT molecular complexity index is 779. The molecule has 0 spiro atoms. The lowest BCUT2D eigenvalue weighted by atomic mass is 9.73. The molecule has 3 atom stereocenters. The first-order valence-electron chi connectivity index (χ1n) is 10.5. The number of hydrogen-bond acceptors (Lipinski definition) is 2. The standard InChI is InChI=1S/C24H31FN2O/c1-3-12-24(2,19-10-6-11-20(25)15-19)22-16-21(22)23(28)27-14-5-4-8-18-9-7-13-26-17-18/h6-7,9-11,13,15,17,21-22H,3-5,8,12,14,16H2,1-2H3,(H,27,28)/t21-,22?,24+/m0/s1. The molecule has 2 aromatic rings. The minimum Gasteiger partial charge on any atom is -0.356 e. The fourth-order valence-corrected chi connectivity index (χ4v) is 4.44. The van der Waals surface area contributed by atoms with E-state index in [-0.39, 0.29) is 23.1 Å². The second kappa shape index (κ2) is 9.31. The Hall–Kier alpha value is -2.23. The quantitative estimate of drug-likeness (QED) is 0.584. The molecule has 28 heavy (non-hydrogen) atoms. The number of rotatable bonds is 10. The van der Waals surface area contributed by atoms with Crippen molar-refractivity contribution < 1.29 is 9.18 Å². The van der Waals surface area contributed by atoms with E-state index in [1.165, 1.54) is 11.6 Å². The van der Waals surface area contributed by atoms with Crippen molar-refractivity contribution in [2.45, 2.75) is 57.8 Å². The monoisotopic (exact) mass is 382 g/mol. The number of benzene rings is 1. The number of nitrogens with zero attached hydrogens (tertiary/aromatic N) is 1. The Balaban J connectivity index is 1.48. The number of aromatic nitrogens is 1. The van der Waals surface area contributed by atoms with E-state index in [2.05, 4.69) is 30.2 Å². The lowest BCUT2D eigenvalue weighted by Crippen LogP contribution is -2.31. The topological polar surface area (TPSA) is 42.0 Å². The van der Waals surface area contributed by atoms with Crippen LogP contribution in [0.4, 0.5) is 4.39 Å². The molecule has 4 heteroatoms. The number of hydrogen-bond donors (Lipinski definition) is 1. The van der Waals surface area contributed by atoms with Gasteiger partial charge in [0.25, 0.3) is 0 Å². The Labute approximate surface area is 167 Å². The summed E-state index contributed by atoms with van der Waals surface area (Å²) in [6, 6.07) is 10.9. The van der Waals surface area contributed by atoms with Crippen LogP contribution in [-0.4, -0.2) is 17.4 Å². The summed E-state index contributed by atoms with van der Waals surface area (Å²) in [7, 11) is 0. The van der Waals surface area contributed by atoms with Gasteiger partial charge in [-0.1, -0.05) is 38.5 Å². The number of halogens is 1. The van der Waals surface area contributed by atoms with E-state index in [1.54, 1.807) is 18.3 Å². The first-order chi connectivity index (χ1) is 13.5. The molecule has 150 valence electrons. The molecule has 3 rings (SSSR count). The molecule has 1 unspecified atom stereocenters. The third-order valence-electron chi connectivity index (χ3n) is 6.11. The number of pyridine rings is 1. The normalized spacial score (nSPS) is 20.4. The van der Waals surface area contributed by atoms with Crippen LogP contribution in [0, 0.1) is 17.7 Å². The van der Waals surface area contributed by atoms with Crippen LogP contribution in [0.5, 0.6) is 0 Å². The zero-order chi connectivity index (χ0) is 20.0. The second-order valence-electron chi connectivity index (χ2n) is 8.24. The van der Waals surface area contributed by atoms with Gasteiger partial charge in [0, 0.05) is 24.9 Å². The van der Waals surface area contributed by atoms with E-state index < -0.39 is 0 Å². The minimum absolute atomic E-state index is 0.0538. The van der Waals surface area contributed by atoms with Crippen LogP contribution in [0.25, 0.3) is 0 Å². The Morgan fingerprint density at radius 3 is 2.86 bits per heavy atom. The van der Waals surface area contributed by atoms with Gasteiger partial charge in [-0.3, -0.25) is 9.78 Å². The lowest BCUT2D eigenvalue weighted by Gasteiger charge is -2.31. The smallest absolute Gasteiger partial charge is 0.223 e. The SMILES string of the molecule is CCC[C@](C)(c1cccc(F)c1)C1C[C@@H]1C(=O)NCCCCc1cccnc1. The number of carbonyl (C=O) groups excluding carboxylic acids is 1. The van der Waals surface area contributed by atoms with Crippen molar-refractivity contribution in [2.75, 3.05) is 6.54 Å². The molecular weight excluding hydrogens is 351 g/mol. The zero-order valence-corrected chi connectivity index (χ0v) is 17.0. The van der Waals surface area contributed by atoms with Gasteiger partial charge in [0.05, 0.1) is 0 Å². The van der Waals surface area contributed by atoms with Crippen molar-refractivity contribution in [3.8, 4) is 0 Å². The molecule has 0 radical (unpaired) electrons. The zero-order valence-electron chi connectivity index (χ0n) is 17.0. The van der Waals surface area contributed by atoms with Crippen LogP contribution in [0.2, 0.25) is 0 Å². The maximum atomic E-state index is 13.8. The maximum absolute atomic E-state index is 13.8. The molecule has 1 heterocycles. The van der Waals surface area contributed by atoms with Crippen LogP contribution in [0.3, 0.4) is 0 Å². The van der Waals surface area contributed by atoms with Crippen LogP contribution in [-0.2, 0) is 16.6 Å². The number of unbranched alkanes of at least 4 members (excludes halogenated alkanes) is 1.